The van der Waals surface area contributed by atoms with E-state index >= 15 is 0 Å². The van der Waals surface area contributed by atoms with Crippen LogP contribution < -0.4 is 5.32 Å². The van der Waals surface area contributed by atoms with E-state index < -0.39 is 0 Å². The quantitative estimate of drug-likeness (QED) is 0.602. The number of unbranched alkanes of at least 4 members (excludes halogenated alkanes) is 1. The van der Waals surface area contributed by atoms with Crippen molar-refractivity contribution in [2.75, 3.05) is 12.8 Å². The first-order valence-corrected chi connectivity index (χ1v) is 7.79. The number of nitriles is 1. The molecule has 2 nitrogen and oxygen atoms in total. The Morgan fingerprint density at radius 2 is 2.05 bits per heavy atom. The molecular formula is C16H24N2S. The lowest BCUT2D eigenvalue weighted by molar-refractivity contribution is 0.439. The second-order valence-electron chi connectivity index (χ2n) is 5.27. The van der Waals surface area contributed by atoms with Crippen molar-refractivity contribution < 1.29 is 0 Å². The zero-order valence-corrected chi connectivity index (χ0v) is 13.2. The van der Waals surface area contributed by atoms with E-state index in [2.05, 4.69) is 43.4 Å². The molecule has 0 aliphatic heterocycles. The van der Waals surface area contributed by atoms with E-state index in [1.165, 1.54) is 16.0 Å². The van der Waals surface area contributed by atoms with Gasteiger partial charge in [0.15, 0.2) is 0 Å². The molecule has 19 heavy (non-hydrogen) atoms. The highest BCUT2D eigenvalue weighted by atomic mass is 32.2. The number of hydrogen-bond donors (Lipinski definition) is 1. The van der Waals surface area contributed by atoms with Crippen LogP contribution in [0.3, 0.4) is 0 Å². The molecule has 0 saturated heterocycles. The number of nitrogens with zero attached hydrogens (tertiary/aromatic N) is 1. The fourth-order valence-corrected chi connectivity index (χ4v) is 2.98. The standard InChI is InChI=1S/C16H24N2S/c1-13-7-8-15(14(2)11-13)19-10-6-5-9-16(3,12-17)18-4/h7-8,11,18H,5-6,9-10H2,1-4H3. The van der Waals surface area contributed by atoms with Crippen LogP contribution in [0.15, 0.2) is 23.1 Å². The molecule has 0 fully saturated rings. The van der Waals surface area contributed by atoms with Crippen molar-refractivity contribution in [2.45, 2.75) is 50.5 Å². The maximum Gasteiger partial charge on any atom is 0.103 e. The molecule has 1 rings (SSSR count). The minimum Gasteiger partial charge on any atom is -0.303 e. The number of hydrogen-bond acceptors (Lipinski definition) is 3. The van der Waals surface area contributed by atoms with Gasteiger partial charge in [0, 0.05) is 4.90 Å². The molecular weight excluding hydrogens is 252 g/mol. The molecule has 0 saturated carbocycles. The van der Waals surface area contributed by atoms with Gasteiger partial charge in [0.05, 0.1) is 6.07 Å². The summed E-state index contributed by atoms with van der Waals surface area (Å²) in [6, 6.07) is 8.95. The third-order valence-electron chi connectivity index (χ3n) is 3.46. The van der Waals surface area contributed by atoms with Crippen molar-refractivity contribution in [2.24, 2.45) is 0 Å². The van der Waals surface area contributed by atoms with Crippen LogP contribution in [0.4, 0.5) is 0 Å². The summed E-state index contributed by atoms with van der Waals surface area (Å²) < 4.78 is 0. The van der Waals surface area contributed by atoms with Gasteiger partial charge in [-0.1, -0.05) is 17.7 Å². The summed E-state index contributed by atoms with van der Waals surface area (Å²) >= 11 is 1.92. The van der Waals surface area contributed by atoms with Crippen LogP contribution >= 0.6 is 11.8 Å². The largest absolute Gasteiger partial charge is 0.303 e. The summed E-state index contributed by atoms with van der Waals surface area (Å²) in [5, 5.41) is 12.1. The lowest BCUT2D eigenvalue weighted by Crippen LogP contribution is -2.37. The van der Waals surface area contributed by atoms with Gasteiger partial charge < -0.3 is 5.32 Å². The van der Waals surface area contributed by atoms with Crippen molar-refractivity contribution in [1.82, 2.24) is 5.32 Å². The number of nitrogens with one attached hydrogen (secondary N) is 1. The van der Waals surface area contributed by atoms with E-state index in [1.807, 2.05) is 25.7 Å². The average Bonchev–Trinajstić information content (AvgIpc) is 2.40. The third kappa shape index (κ3) is 5.26. The molecule has 1 aromatic carbocycles. The molecule has 0 amide bonds. The molecule has 1 unspecified atom stereocenters. The number of rotatable bonds is 7. The topological polar surface area (TPSA) is 35.8 Å². The lowest BCUT2D eigenvalue weighted by atomic mass is 9.97. The van der Waals surface area contributed by atoms with E-state index in [0.29, 0.717) is 0 Å². The molecule has 3 heteroatoms. The molecule has 0 aliphatic rings. The number of benzene rings is 1. The van der Waals surface area contributed by atoms with Crippen LogP contribution in [0.1, 0.15) is 37.3 Å². The van der Waals surface area contributed by atoms with Gasteiger partial charge in [-0.05, 0) is 64.5 Å². The molecule has 0 aromatic heterocycles. The van der Waals surface area contributed by atoms with Gasteiger partial charge in [0.25, 0.3) is 0 Å². The third-order valence-corrected chi connectivity index (χ3v) is 4.72. The van der Waals surface area contributed by atoms with Crippen molar-refractivity contribution in [1.29, 1.82) is 5.26 Å². The molecule has 0 aliphatic carbocycles. The number of aryl methyl sites for hydroxylation is 2. The van der Waals surface area contributed by atoms with Gasteiger partial charge in [-0.25, -0.2) is 0 Å². The predicted octanol–water partition coefficient (Wildman–Crippen LogP) is 4.07. The van der Waals surface area contributed by atoms with E-state index in [1.54, 1.807) is 0 Å². The molecule has 1 aromatic rings. The van der Waals surface area contributed by atoms with Crippen LogP contribution in [0.2, 0.25) is 0 Å². The van der Waals surface area contributed by atoms with Crippen LogP contribution in [-0.2, 0) is 0 Å². The summed E-state index contributed by atoms with van der Waals surface area (Å²) in [5.41, 5.74) is 2.31. The van der Waals surface area contributed by atoms with Crippen LogP contribution in [0.5, 0.6) is 0 Å². The Bertz CT molecular complexity index is 451. The fourth-order valence-electron chi connectivity index (χ4n) is 1.96. The van der Waals surface area contributed by atoms with Crippen LogP contribution in [-0.4, -0.2) is 18.3 Å². The SMILES string of the molecule is CNC(C)(C#N)CCCCSc1ccc(C)cc1C. The minimum atomic E-state index is -0.371. The van der Waals surface area contributed by atoms with E-state index in [-0.39, 0.29) is 5.54 Å². The molecule has 1 atom stereocenters. The monoisotopic (exact) mass is 276 g/mol. The molecule has 1 N–H and O–H groups in total. The van der Waals surface area contributed by atoms with Gasteiger partial charge in [-0.3, -0.25) is 0 Å². The lowest BCUT2D eigenvalue weighted by Gasteiger charge is -2.20. The zero-order valence-electron chi connectivity index (χ0n) is 12.4. The first-order valence-electron chi connectivity index (χ1n) is 6.81. The molecule has 0 spiro atoms. The Morgan fingerprint density at radius 3 is 2.63 bits per heavy atom. The Kier molecular flexibility index (Phi) is 6.41. The maximum atomic E-state index is 9.06. The van der Waals surface area contributed by atoms with Gasteiger partial charge in [0.2, 0.25) is 0 Å². The first kappa shape index (κ1) is 16.1. The van der Waals surface area contributed by atoms with Crippen LogP contribution in [0.25, 0.3) is 0 Å². The fraction of sp³-hybridized carbons (Fsp3) is 0.562. The average molecular weight is 276 g/mol. The summed E-state index contributed by atoms with van der Waals surface area (Å²) in [6.45, 7) is 6.26. The molecule has 0 heterocycles. The number of thioether (sulfide) groups is 1. The van der Waals surface area contributed by atoms with Gasteiger partial charge in [-0.15, -0.1) is 11.8 Å². The minimum absolute atomic E-state index is 0.371. The van der Waals surface area contributed by atoms with Gasteiger partial charge >= 0.3 is 0 Å². The Hall–Kier alpha value is -0.980. The smallest absolute Gasteiger partial charge is 0.103 e. The Labute approximate surface area is 121 Å². The first-order chi connectivity index (χ1) is 9.00. The van der Waals surface area contributed by atoms with E-state index in [9.17, 15) is 0 Å². The van der Waals surface area contributed by atoms with Crippen molar-refractivity contribution >= 4 is 11.8 Å². The summed E-state index contributed by atoms with van der Waals surface area (Å²) in [4.78, 5) is 1.38. The van der Waals surface area contributed by atoms with Gasteiger partial charge in [-0.2, -0.15) is 5.26 Å². The Balaban J connectivity index is 2.30. The summed E-state index contributed by atoms with van der Waals surface area (Å²) in [5.74, 6) is 1.12. The molecule has 104 valence electrons. The second-order valence-corrected chi connectivity index (χ2v) is 6.41. The summed E-state index contributed by atoms with van der Waals surface area (Å²) in [7, 11) is 1.85. The maximum absolute atomic E-state index is 9.06. The van der Waals surface area contributed by atoms with Crippen molar-refractivity contribution in [3.05, 3.63) is 29.3 Å². The predicted molar refractivity (Wildman–Crippen MR) is 83.6 cm³/mol. The highest BCUT2D eigenvalue weighted by molar-refractivity contribution is 7.99. The van der Waals surface area contributed by atoms with E-state index in [0.717, 1.165) is 25.0 Å². The molecule has 0 bridgehead atoms. The normalized spacial score (nSPS) is 13.8. The second kappa shape index (κ2) is 7.57. The highest BCUT2D eigenvalue weighted by Gasteiger charge is 2.19. The van der Waals surface area contributed by atoms with Crippen molar-refractivity contribution in [3.63, 3.8) is 0 Å². The Morgan fingerprint density at radius 1 is 1.32 bits per heavy atom. The van der Waals surface area contributed by atoms with E-state index in [4.69, 9.17) is 5.26 Å². The highest BCUT2D eigenvalue weighted by Crippen LogP contribution is 2.25. The molecule has 0 radical (unpaired) electrons. The van der Waals surface area contributed by atoms with Crippen LogP contribution in [0, 0.1) is 25.2 Å². The van der Waals surface area contributed by atoms with Crippen molar-refractivity contribution in [3.8, 4) is 6.07 Å². The summed E-state index contributed by atoms with van der Waals surface area (Å²) in [6.07, 6.45) is 3.15. The zero-order chi connectivity index (χ0) is 14.3. The van der Waals surface area contributed by atoms with Gasteiger partial charge in [0.1, 0.15) is 5.54 Å².